The smallest absolute Gasteiger partial charge is 0.294 e. The van der Waals surface area contributed by atoms with Gasteiger partial charge in [-0.25, -0.2) is 9.38 Å². The fourth-order valence-corrected chi connectivity index (χ4v) is 3.20. The zero-order chi connectivity index (χ0) is 21.4. The predicted octanol–water partition coefficient (Wildman–Crippen LogP) is 0.512. The number of hydroxylamine groups is 2. The van der Waals surface area contributed by atoms with Crippen molar-refractivity contribution in [2.24, 2.45) is 9.98 Å². The van der Waals surface area contributed by atoms with Crippen LogP contribution in [0.1, 0.15) is 12.8 Å². The third kappa shape index (κ3) is 7.73. The van der Waals surface area contributed by atoms with Gasteiger partial charge >= 0.3 is 0 Å². The van der Waals surface area contributed by atoms with Crippen LogP contribution in [0.2, 0.25) is 0 Å². The highest BCUT2D eigenvalue weighted by Gasteiger charge is 2.26. The SMILES string of the molecule is N=C(C(=NCCONS(=O)(=O)NC1CC1)NO)C(=Nc1ccc(F)c(Br)c1)NO. The summed E-state index contributed by atoms with van der Waals surface area (Å²) in [4.78, 5) is 14.4. The van der Waals surface area contributed by atoms with Crippen molar-refractivity contribution in [3.05, 3.63) is 28.5 Å². The van der Waals surface area contributed by atoms with E-state index in [1.165, 1.54) is 12.1 Å². The molecule has 0 spiro atoms. The molecule has 1 aliphatic carbocycles. The standard InChI is InChI=1S/C14H19BrFN7O5S/c15-10-7-9(3-4-11(10)16)19-14(21-25)12(17)13(20-24)18-5-6-28-23-29(26,27)22-8-1-2-8/h3-4,7-8,17,22-25H,1-2,5-6H2,(H,18,20)(H,19,21). The highest BCUT2D eigenvalue weighted by molar-refractivity contribution is 9.10. The molecule has 1 fully saturated rings. The first kappa shape index (κ1) is 23.3. The van der Waals surface area contributed by atoms with Crippen molar-refractivity contribution in [2.75, 3.05) is 13.2 Å². The molecule has 0 aromatic heterocycles. The van der Waals surface area contributed by atoms with E-state index < -0.39 is 21.7 Å². The first-order valence-corrected chi connectivity index (χ1v) is 10.4. The molecular formula is C14H19BrFN7O5S. The van der Waals surface area contributed by atoms with Gasteiger partial charge in [-0.05, 0) is 47.0 Å². The molecule has 0 bridgehead atoms. The van der Waals surface area contributed by atoms with Gasteiger partial charge in [-0.15, -0.1) is 0 Å². The summed E-state index contributed by atoms with van der Waals surface area (Å²) in [7, 11) is -3.77. The molecule has 1 saturated carbocycles. The molecule has 0 heterocycles. The van der Waals surface area contributed by atoms with E-state index in [4.69, 9.17) is 10.2 Å². The molecule has 0 unspecified atom stereocenters. The van der Waals surface area contributed by atoms with E-state index in [-0.39, 0.29) is 41.0 Å². The number of amidine groups is 2. The normalized spacial score (nSPS) is 15.3. The molecule has 1 aliphatic rings. The topological polar surface area (TPSA) is 181 Å². The minimum absolute atomic E-state index is 0.0785. The van der Waals surface area contributed by atoms with Crippen molar-refractivity contribution < 1.29 is 28.1 Å². The molecule has 1 aromatic carbocycles. The summed E-state index contributed by atoms with van der Waals surface area (Å²) in [5.74, 6) is -1.28. The Morgan fingerprint density at radius 3 is 2.59 bits per heavy atom. The van der Waals surface area contributed by atoms with Crippen molar-refractivity contribution >= 4 is 49.2 Å². The molecule has 12 nitrogen and oxygen atoms in total. The predicted molar refractivity (Wildman–Crippen MR) is 105 cm³/mol. The van der Waals surface area contributed by atoms with Gasteiger partial charge in [-0.2, -0.15) is 13.1 Å². The lowest BCUT2D eigenvalue weighted by molar-refractivity contribution is 0.0990. The van der Waals surface area contributed by atoms with Crippen LogP contribution >= 0.6 is 15.9 Å². The minimum atomic E-state index is -3.77. The van der Waals surface area contributed by atoms with Crippen molar-refractivity contribution in [1.82, 2.24) is 20.6 Å². The molecule has 0 saturated heterocycles. The van der Waals surface area contributed by atoms with E-state index >= 15 is 0 Å². The molecule has 15 heteroatoms. The number of aliphatic imine (C=N–C) groups is 2. The second-order valence-corrected chi connectivity index (χ2v) is 7.98. The van der Waals surface area contributed by atoms with Crippen LogP contribution in [0.25, 0.3) is 0 Å². The van der Waals surface area contributed by atoms with Gasteiger partial charge in [0.1, 0.15) is 11.5 Å². The fraction of sp³-hybridized carbons (Fsp3) is 0.357. The van der Waals surface area contributed by atoms with Crippen molar-refractivity contribution in [2.45, 2.75) is 18.9 Å². The van der Waals surface area contributed by atoms with Gasteiger partial charge in [0.25, 0.3) is 10.2 Å². The Bertz CT molecular complexity index is 908. The summed E-state index contributed by atoms with van der Waals surface area (Å²) in [6.07, 6.45) is 1.55. The molecule has 1 aromatic rings. The maximum Gasteiger partial charge on any atom is 0.299 e. The average molecular weight is 496 g/mol. The number of benzene rings is 1. The molecule has 160 valence electrons. The third-order valence-corrected chi connectivity index (χ3v) is 4.95. The summed E-state index contributed by atoms with van der Waals surface area (Å²) >= 11 is 2.99. The second kappa shape index (κ2) is 10.7. The number of hydrogen-bond donors (Lipinski definition) is 7. The first-order valence-electron chi connectivity index (χ1n) is 8.14. The van der Waals surface area contributed by atoms with E-state index in [0.29, 0.717) is 0 Å². The molecule has 0 aliphatic heterocycles. The Kier molecular flexibility index (Phi) is 8.57. The van der Waals surface area contributed by atoms with Crippen LogP contribution in [0, 0.1) is 11.2 Å². The monoisotopic (exact) mass is 495 g/mol. The fourth-order valence-electron chi connectivity index (χ4n) is 1.87. The molecule has 0 atom stereocenters. The Morgan fingerprint density at radius 2 is 2.00 bits per heavy atom. The minimum Gasteiger partial charge on any atom is -0.294 e. The lowest BCUT2D eigenvalue weighted by atomic mass is 10.3. The van der Waals surface area contributed by atoms with E-state index in [0.717, 1.165) is 18.9 Å². The van der Waals surface area contributed by atoms with Gasteiger partial charge in [0, 0.05) is 6.04 Å². The largest absolute Gasteiger partial charge is 0.299 e. The zero-order valence-corrected chi connectivity index (χ0v) is 17.2. The van der Waals surface area contributed by atoms with E-state index in [2.05, 4.69) is 30.6 Å². The molecular weight excluding hydrogens is 477 g/mol. The summed E-state index contributed by atoms with van der Waals surface area (Å²) < 4.78 is 38.8. The summed E-state index contributed by atoms with van der Waals surface area (Å²) in [6, 6.07) is 3.68. The molecule has 0 radical (unpaired) electrons. The van der Waals surface area contributed by atoms with Crippen molar-refractivity contribution in [1.29, 1.82) is 5.41 Å². The van der Waals surface area contributed by atoms with Gasteiger partial charge in [0.15, 0.2) is 11.7 Å². The average Bonchev–Trinajstić information content (AvgIpc) is 3.48. The van der Waals surface area contributed by atoms with Crippen LogP contribution < -0.4 is 20.6 Å². The highest BCUT2D eigenvalue weighted by atomic mass is 79.9. The van der Waals surface area contributed by atoms with Crippen LogP contribution in [0.3, 0.4) is 0 Å². The lowest BCUT2D eigenvalue weighted by Gasteiger charge is -2.10. The number of nitrogens with one attached hydrogen (secondary N) is 5. The lowest BCUT2D eigenvalue weighted by Crippen LogP contribution is -2.40. The Balaban J connectivity index is 1.94. The zero-order valence-electron chi connectivity index (χ0n) is 14.8. The maximum absolute atomic E-state index is 13.3. The molecule has 2 rings (SSSR count). The highest BCUT2D eigenvalue weighted by Crippen LogP contribution is 2.22. The van der Waals surface area contributed by atoms with Crippen molar-refractivity contribution in [3.63, 3.8) is 0 Å². The van der Waals surface area contributed by atoms with Gasteiger partial charge in [-0.3, -0.25) is 36.6 Å². The second-order valence-electron chi connectivity index (χ2n) is 5.72. The first-order chi connectivity index (χ1) is 13.8. The molecule has 29 heavy (non-hydrogen) atoms. The number of nitrogens with zero attached hydrogens (tertiary/aromatic N) is 2. The van der Waals surface area contributed by atoms with Gasteiger partial charge in [-0.1, -0.05) is 4.89 Å². The van der Waals surface area contributed by atoms with Crippen LogP contribution in [-0.4, -0.2) is 55.4 Å². The number of hydrogen-bond acceptors (Lipinski definition) is 8. The Morgan fingerprint density at radius 1 is 1.31 bits per heavy atom. The Labute approximate surface area is 174 Å². The molecule has 7 N–H and O–H groups in total. The Hall–Kier alpha value is -2.01. The maximum atomic E-state index is 13.3. The molecule has 0 amide bonds. The van der Waals surface area contributed by atoms with E-state index in [1.54, 1.807) is 11.0 Å². The quantitative estimate of drug-likeness (QED) is 0.107. The third-order valence-electron chi connectivity index (χ3n) is 3.36. The van der Waals surface area contributed by atoms with Crippen LogP contribution in [-0.2, 0) is 15.0 Å². The summed E-state index contributed by atoms with van der Waals surface area (Å²) in [5, 5.41) is 26.4. The van der Waals surface area contributed by atoms with E-state index in [9.17, 15) is 23.2 Å². The van der Waals surface area contributed by atoms with Crippen LogP contribution in [0.15, 0.2) is 32.7 Å². The van der Waals surface area contributed by atoms with Crippen LogP contribution in [0.4, 0.5) is 10.1 Å². The van der Waals surface area contributed by atoms with Crippen LogP contribution in [0.5, 0.6) is 0 Å². The van der Waals surface area contributed by atoms with Gasteiger partial charge < -0.3 is 0 Å². The van der Waals surface area contributed by atoms with Gasteiger partial charge in [0.05, 0.1) is 23.3 Å². The van der Waals surface area contributed by atoms with Crippen molar-refractivity contribution in [3.8, 4) is 0 Å². The van der Waals surface area contributed by atoms with Gasteiger partial charge in [0.2, 0.25) is 0 Å². The summed E-state index contributed by atoms with van der Waals surface area (Å²) in [6.45, 7) is -0.341. The number of halogens is 2. The summed E-state index contributed by atoms with van der Waals surface area (Å²) in [5.41, 5.74) is 3.06. The number of rotatable bonds is 10. The van der Waals surface area contributed by atoms with E-state index in [1.807, 2.05) is 4.89 Å².